The average Bonchev–Trinajstić information content (AvgIpc) is 2.45. The van der Waals surface area contributed by atoms with Gasteiger partial charge in [-0.2, -0.15) is 0 Å². The van der Waals surface area contributed by atoms with E-state index >= 15 is 0 Å². The Hall–Kier alpha value is -2.11. The van der Waals surface area contributed by atoms with E-state index in [4.69, 9.17) is 0 Å². The SMILES string of the molecule is CC[C@@H](C)NC(=O)[C@H](C)NC(=O)NCc1cccc(C)n1. The number of pyridine rings is 1. The zero-order valence-electron chi connectivity index (χ0n) is 13.1. The quantitative estimate of drug-likeness (QED) is 0.743. The maximum absolute atomic E-state index is 11.8. The largest absolute Gasteiger partial charge is 0.352 e. The van der Waals surface area contributed by atoms with Crippen LogP contribution in [0.4, 0.5) is 4.79 Å². The van der Waals surface area contributed by atoms with E-state index in [0.717, 1.165) is 17.8 Å². The first kappa shape index (κ1) is 16.9. The third kappa shape index (κ3) is 6.25. The second-order valence-corrected chi connectivity index (χ2v) is 5.14. The van der Waals surface area contributed by atoms with Crippen LogP contribution in [0.2, 0.25) is 0 Å². The Bertz CT molecular complexity index is 490. The lowest BCUT2D eigenvalue weighted by atomic mass is 10.2. The van der Waals surface area contributed by atoms with Crippen molar-refractivity contribution in [2.24, 2.45) is 0 Å². The topological polar surface area (TPSA) is 83.1 Å². The summed E-state index contributed by atoms with van der Waals surface area (Å²) in [7, 11) is 0. The van der Waals surface area contributed by atoms with Crippen molar-refractivity contribution in [3.05, 3.63) is 29.6 Å². The van der Waals surface area contributed by atoms with Crippen LogP contribution >= 0.6 is 0 Å². The highest BCUT2D eigenvalue weighted by Gasteiger charge is 2.16. The molecule has 0 radical (unpaired) electrons. The van der Waals surface area contributed by atoms with Crippen molar-refractivity contribution in [3.8, 4) is 0 Å². The van der Waals surface area contributed by atoms with Crippen molar-refractivity contribution >= 4 is 11.9 Å². The van der Waals surface area contributed by atoms with Crippen molar-refractivity contribution in [1.29, 1.82) is 0 Å². The van der Waals surface area contributed by atoms with Crippen LogP contribution in [0.15, 0.2) is 18.2 Å². The minimum absolute atomic E-state index is 0.0984. The summed E-state index contributed by atoms with van der Waals surface area (Å²) in [6.45, 7) is 7.79. The lowest BCUT2D eigenvalue weighted by Gasteiger charge is -2.17. The van der Waals surface area contributed by atoms with Crippen molar-refractivity contribution in [2.75, 3.05) is 0 Å². The molecule has 0 bridgehead atoms. The van der Waals surface area contributed by atoms with E-state index in [1.165, 1.54) is 0 Å². The van der Waals surface area contributed by atoms with Gasteiger partial charge in [0.25, 0.3) is 0 Å². The van der Waals surface area contributed by atoms with Crippen LogP contribution in [-0.4, -0.2) is 29.0 Å². The molecule has 0 saturated heterocycles. The fourth-order valence-electron chi connectivity index (χ4n) is 1.65. The van der Waals surface area contributed by atoms with E-state index in [1.807, 2.05) is 39.0 Å². The molecule has 0 aliphatic heterocycles. The molecule has 21 heavy (non-hydrogen) atoms. The first-order valence-electron chi connectivity index (χ1n) is 7.19. The van der Waals surface area contributed by atoms with E-state index in [1.54, 1.807) is 6.92 Å². The highest BCUT2D eigenvalue weighted by Crippen LogP contribution is 1.97. The summed E-state index contributed by atoms with van der Waals surface area (Å²) in [5.74, 6) is -0.187. The number of aromatic nitrogens is 1. The van der Waals surface area contributed by atoms with E-state index in [0.29, 0.717) is 6.54 Å². The Morgan fingerprint density at radius 3 is 2.57 bits per heavy atom. The number of hydrogen-bond acceptors (Lipinski definition) is 3. The lowest BCUT2D eigenvalue weighted by molar-refractivity contribution is -0.123. The van der Waals surface area contributed by atoms with Gasteiger partial charge in [0.15, 0.2) is 0 Å². The molecule has 1 heterocycles. The average molecular weight is 292 g/mol. The summed E-state index contributed by atoms with van der Waals surface area (Å²) >= 11 is 0. The molecule has 2 atom stereocenters. The Kier molecular flexibility index (Phi) is 6.65. The van der Waals surface area contributed by atoms with Crippen molar-refractivity contribution in [3.63, 3.8) is 0 Å². The first-order chi connectivity index (χ1) is 9.92. The van der Waals surface area contributed by atoms with Gasteiger partial charge in [-0.1, -0.05) is 13.0 Å². The van der Waals surface area contributed by atoms with Gasteiger partial charge in [0.1, 0.15) is 6.04 Å². The van der Waals surface area contributed by atoms with Crippen molar-refractivity contribution in [2.45, 2.75) is 52.7 Å². The van der Waals surface area contributed by atoms with Gasteiger partial charge in [-0.15, -0.1) is 0 Å². The molecule has 0 spiro atoms. The number of hydrogen-bond donors (Lipinski definition) is 3. The molecule has 0 fully saturated rings. The standard InChI is InChI=1S/C15H24N4O2/c1-5-10(2)18-14(20)12(4)19-15(21)16-9-13-8-6-7-11(3)17-13/h6-8,10,12H,5,9H2,1-4H3,(H,18,20)(H2,16,19,21)/t10-,12+/m1/s1. The number of urea groups is 1. The number of nitrogens with one attached hydrogen (secondary N) is 3. The summed E-state index contributed by atoms with van der Waals surface area (Å²) in [4.78, 5) is 27.8. The second kappa shape index (κ2) is 8.24. The third-order valence-electron chi connectivity index (χ3n) is 3.12. The molecule has 3 N–H and O–H groups in total. The van der Waals surface area contributed by atoms with Crippen LogP contribution in [0.1, 0.15) is 38.6 Å². The molecule has 6 heteroatoms. The van der Waals surface area contributed by atoms with Gasteiger partial charge in [0.05, 0.1) is 12.2 Å². The molecule has 116 valence electrons. The molecule has 0 aliphatic rings. The van der Waals surface area contributed by atoms with E-state index in [-0.39, 0.29) is 18.0 Å². The molecule has 1 rings (SSSR count). The number of rotatable bonds is 6. The Morgan fingerprint density at radius 2 is 1.95 bits per heavy atom. The minimum Gasteiger partial charge on any atom is -0.352 e. The number of aryl methyl sites for hydroxylation is 1. The molecule has 0 unspecified atom stereocenters. The van der Waals surface area contributed by atoms with E-state index in [2.05, 4.69) is 20.9 Å². The Morgan fingerprint density at radius 1 is 1.24 bits per heavy atom. The highest BCUT2D eigenvalue weighted by atomic mass is 16.2. The fraction of sp³-hybridized carbons (Fsp3) is 0.533. The number of carbonyl (C=O) groups is 2. The minimum atomic E-state index is -0.579. The third-order valence-corrected chi connectivity index (χ3v) is 3.12. The molecular weight excluding hydrogens is 268 g/mol. The van der Waals surface area contributed by atoms with Gasteiger partial charge in [-0.25, -0.2) is 4.79 Å². The summed E-state index contributed by atoms with van der Waals surface area (Å²) < 4.78 is 0. The summed E-state index contributed by atoms with van der Waals surface area (Å²) in [6, 6.07) is 4.76. The fourth-order valence-corrected chi connectivity index (χ4v) is 1.65. The van der Waals surface area contributed by atoms with Gasteiger partial charge in [-0.05, 0) is 39.3 Å². The molecular formula is C15H24N4O2. The predicted octanol–water partition coefficient (Wildman–Crippen LogP) is 1.49. The Labute approximate surface area is 125 Å². The number of nitrogens with zero attached hydrogens (tertiary/aromatic N) is 1. The predicted molar refractivity (Wildman–Crippen MR) is 81.7 cm³/mol. The molecule has 1 aromatic rings. The van der Waals surface area contributed by atoms with Crippen LogP contribution in [0.3, 0.4) is 0 Å². The first-order valence-corrected chi connectivity index (χ1v) is 7.19. The molecule has 3 amide bonds. The zero-order valence-corrected chi connectivity index (χ0v) is 13.1. The van der Waals surface area contributed by atoms with Gasteiger partial charge < -0.3 is 16.0 Å². The van der Waals surface area contributed by atoms with Crippen LogP contribution in [0.5, 0.6) is 0 Å². The lowest BCUT2D eigenvalue weighted by Crippen LogP contribution is -2.50. The van der Waals surface area contributed by atoms with Gasteiger partial charge >= 0.3 is 6.03 Å². The Balaban J connectivity index is 2.37. The van der Waals surface area contributed by atoms with Gasteiger partial charge in [-0.3, -0.25) is 9.78 Å². The maximum Gasteiger partial charge on any atom is 0.315 e. The molecule has 0 aliphatic carbocycles. The molecule has 1 aromatic heterocycles. The van der Waals surface area contributed by atoms with E-state index < -0.39 is 6.04 Å². The summed E-state index contributed by atoms with van der Waals surface area (Å²) in [5.41, 5.74) is 1.68. The number of carbonyl (C=O) groups excluding carboxylic acids is 2. The molecule has 6 nitrogen and oxygen atoms in total. The molecule has 0 saturated carbocycles. The van der Waals surface area contributed by atoms with Crippen molar-refractivity contribution in [1.82, 2.24) is 20.9 Å². The van der Waals surface area contributed by atoms with Crippen LogP contribution in [0, 0.1) is 6.92 Å². The van der Waals surface area contributed by atoms with Crippen LogP contribution in [0.25, 0.3) is 0 Å². The highest BCUT2D eigenvalue weighted by molar-refractivity contribution is 5.86. The summed E-state index contributed by atoms with van der Waals surface area (Å²) in [5, 5.41) is 8.11. The van der Waals surface area contributed by atoms with Crippen molar-refractivity contribution < 1.29 is 9.59 Å². The molecule has 0 aromatic carbocycles. The zero-order chi connectivity index (χ0) is 15.8. The number of amides is 3. The maximum atomic E-state index is 11.8. The van der Waals surface area contributed by atoms with Gasteiger partial charge in [0, 0.05) is 11.7 Å². The van der Waals surface area contributed by atoms with Gasteiger partial charge in [0.2, 0.25) is 5.91 Å². The second-order valence-electron chi connectivity index (χ2n) is 5.14. The smallest absolute Gasteiger partial charge is 0.315 e. The van der Waals surface area contributed by atoms with Crippen LogP contribution < -0.4 is 16.0 Å². The summed E-state index contributed by atoms with van der Waals surface area (Å²) in [6.07, 6.45) is 0.851. The van der Waals surface area contributed by atoms with Crippen LogP contribution in [-0.2, 0) is 11.3 Å². The monoisotopic (exact) mass is 292 g/mol. The van der Waals surface area contributed by atoms with E-state index in [9.17, 15) is 9.59 Å². The normalized spacial score (nSPS) is 13.1.